The zero-order valence-corrected chi connectivity index (χ0v) is 28.1. The predicted molar refractivity (Wildman–Crippen MR) is 116 cm³/mol. The Morgan fingerprint density at radius 2 is 0.829 bits per heavy atom. The first-order valence-electron chi connectivity index (χ1n) is 11.0. The van der Waals surface area contributed by atoms with Crippen molar-refractivity contribution < 1.29 is 85.4 Å². The molecule has 4 aromatic heterocycles. The third-order valence-electron chi connectivity index (χ3n) is 4.92. The predicted octanol–water partition coefficient (Wildman–Crippen LogP) is -5.21. The zero-order valence-electron chi connectivity index (χ0n) is 21.1. The van der Waals surface area contributed by atoms with Gasteiger partial charge in [-0.1, -0.05) is 36.4 Å². The second-order valence-electron chi connectivity index (χ2n) is 7.75. The summed E-state index contributed by atoms with van der Waals surface area (Å²) in [5.74, 6) is 0. The molecule has 5 rings (SSSR count). The van der Waals surface area contributed by atoms with E-state index >= 15 is 0 Å². The molecule has 5 aromatic rings. The summed E-state index contributed by atoms with van der Waals surface area (Å²) >= 11 is 0. The van der Waals surface area contributed by atoms with Gasteiger partial charge in [0.25, 0.3) is 0 Å². The molecular weight excluding hydrogens is 772 g/mol. The molecule has 4 heterocycles. The number of aromatic nitrogens is 6. The number of hydrogen-bond donors (Lipinski definition) is 0. The third-order valence-corrected chi connectivity index (χ3v) is 4.92. The second kappa shape index (κ2) is 16.0. The molecule has 14 nitrogen and oxygen atoms in total. The molecule has 0 amide bonds. The minimum Gasteiger partial charge on any atom is -0.268 e. The van der Waals surface area contributed by atoms with Crippen LogP contribution in [-0.4, -0.2) is 29.5 Å². The first-order chi connectivity index (χ1) is 18.8. The van der Waals surface area contributed by atoms with Gasteiger partial charge in [0.15, 0.2) is 0 Å². The van der Waals surface area contributed by atoms with Crippen molar-refractivity contribution in [2.45, 2.75) is 13.1 Å². The molecule has 0 spiro atoms. The van der Waals surface area contributed by atoms with Gasteiger partial charge in [-0.3, -0.25) is 19.3 Å². The van der Waals surface area contributed by atoms with Gasteiger partial charge in [0.1, 0.15) is 11.4 Å². The number of hydrogen-bond acceptors (Lipinski definition) is 12. The van der Waals surface area contributed by atoms with E-state index in [2.05, 4.69) is 34.2 Å². The average molecular weight is 792 g/mol. The van der Waals surface area contributed by atoms with Crippen LogP contribution in [-0.2, 0) is 40.8 Å². The van der Waals surface area contributed by atoms with E-state index in [4.69, 9.17) is 47.5 Å². The van der Waals surface area contributed by atoms with Crippen molar-refractivity contribution in [1.82, 2.24) is 29.5 Å². The Balaban J connectivity index is 0.000000464. The molecule has 1 aromatic carbocycles. The van der Waals surface area contributed by atoms with Crippen LogP contribution in [0.15, 0.2) is 97.6 Å². The summed E-state index contributed by atoms with van der Waals surface area (Å²) in [7, 11) is -9.89. The van der Waals surface area contributed by atoms with Gasteiger partial charge in [-0.05, 0) is 47.5 Å². The summed E-state index contributed by atoms with van der Waals surface area (Å²) in [5.41, 5.74) is 5.93. The molecule has 0 aliphatic carbocycles. The summed E-state index contributed by atoms with van der Waals surface area (Å²) in [6.45, 7) is 1.38. The van der Waals surface area contributed by atoms with Gasteiger partial charge < -0.3 is 0 Å². The Morgan fingerprint density at radius 1 is 0.488 bits per heavy atom. The average Bonchev–Trinajstić information content (AvgIpc) is 3.54. The van der Waals surface area contributed by atoms with E-state index in [1.807, 2.05) is 70.3 Å². The first kappa shape index (κ1) is 34.3. The van der Waals surface area contributed by atoms with Crippen molar-refractivity contribution in [1.29, 1.82) is 0 Å². The zero-order chi connectivity index (χ0) is 29.2. The van der Waals surface area contributed by atoms with Crippen LogP contribution in [0.4, 0.5) is 0 Å². The van der Waals surface area contributed by atoms with Crippen molar-refractivity contribution in [3.8, 4) is 22.8 Å². The van der Waals surface area contributed by atoms with Crippen LogP contribution in [0.5, 0.6) is 0 Å². The molecule has 210 valence electrons. The maximum Gasteiger partial charge on any atom is 2.00 e. The van der Waals surface area contributed by atoms with Gasteiger partial charge in [0.2, 0.25) is 0 Å². The van der Waals surface area contributed by atoms with E-state index in [1.54, 1.807) is 12.4 Å². The fraction of sp³-hybridized carbons (Fsp3) is 0.0833. The smallest absolute Gasteiger partial charge is 0.268 e. The molecule has 0 aliphatic heterocycles. The molecule has 17 heteroatoms. The van der Waals surface area contributed by atoms with E-state index < -0.39 is 20.5 Å². The maximum absolute atomic E-state index is 8.49. The van der Waals surface area contributed by atoms with Crippen LogP contribution in [0.3, 0.4) is 0 Å². The summed E-state index contributed by atoms with van der Waals surface area (Å²) < 4.78 is 71.8. The fourth-order valence-corrected chi connectivity index (χ4v) is 3.42. The van der Waals surface area contributed by atoms with Crippen molar-refractivity contribution in [2.24, 2.45) is 0 Å². The monoisotopic (exact) mass is 792 g/mol. The minimum atomic E-state index is -4.94. The summed E-state index contributed by atoms with van der Waals surface area (Å²) in [4.78, 5) is 8.76. The number of halogens is 2. The quantitative estimate of drug-likeness (QED) is 0.147. The van der Waals surface area contributed by atoms with Gasteiger partial charge >= 0.3 is 27.7 Å². The molecule has 0 fully saturated rings. The number of pyridine rings is 2. The molecule has 0 aliphatic rings. The molecular formula is C24H20Cl2HgN6O8. The molecule has 0 atom stereocenters. The summed E-state index contributed by atoms with van der Waals surface area (Å²) in [5, 5.41) is 9.38. The SMILES string of the molecule is [Hg+2].[O-][Cl+3]([O-])([O-])[O-].[O-][Cl+3]([O-])([O-])[O-].c1ccc(-c2ccn(Cc3ccccc3Cn3ccc(-c4ccccn4)n3)n2)nc1. The Bertz CT molecular complexity index is 1340. The molecule has 0 saturated heterocycles. The van der Waals surface area contributed by atoms with Crippen LogP contribution >= 0.6 is 0 Å². The third kappa shape index (κ3) is 13.6. The van der Waals surface area contributed by atoms with Gasteiger partial charge in [-0.25, -0.2) is 37.3 Å². The molecule has 0 saturated carbocycles. The van der Waals surface area contributed by atoms with Crippen molar-refractivity contribution in [3.63, 3.8) is 0 Å². The largest absolute Gasteiger partial charge is 2.00 e. The van der Waals surface area contributed by atoms with E-state index in [1.165, 1.54) is 11.1 Å². The van der Waals surface area contributed by atoms with Crippen LogP contribution in [0, 0.1) is 20.5 Å². The van der Waals surface area contributed by atoms with Crippen molar-refractivity contribution in [2.75, 3.05) is 0 Å². The van der Waals surface area contributed by atoms with Gasteiger partial charge in [0.05, 0.1) is 24.5 Å². The van der Waals surface area contributed by atoms with Crippen molar-refractivity contribution in [3.05, 3.63) is 109 Å². The topological polar surface area (TPSA) is 246 Å². The molecule has 41 heavy (non-hydrogen) atoms. The summed E-state index contributed by atoms with van der Waals surface area (Å²) in [6.07, 6.45) is 7.56. The number of nitrogens with zero attached hydrogens (tertiary/aromatic N) is 6. The van der Waals surface area contributed by atoms with E-state index in [9.17, 15) is 0 Å². The van der Waals surface area contributed by atoms with Crippen LogP contribution in [0.25, 0.3) is 22.8 Å². The molecule has 0 N–H and O–H groups in total. The normalized spacial score (nSPS) is 10.9. The Labute approximate surface area is 258 Å². The van der Waals surface area contributed by atoms with E-state index in [0.717, 1.165) is 22.8 Å². The number of rotatable bonds is 6. The van der Waals surface area contributed by atoms with Gasteiger partial charge in [-0.15, -0.1) is 20.5 Å². The van der Waals surface area contributed by atoms with E-state index in [0.29, 0.717) is 13.1 Å². The Morgan fingerprint density at radius 3 is 1.15 bits per heavy atom. The maximum atomic E-state index is 8.49. The Hall–Kier alpha value is -2.86. The van der Waals surface area contributed by atoms with E-state index in [-0.39, 0.29) is 27.7 Å². The molecule has 0 unspecified atom stereocenters. The van der Waals surface area contributed by atoms with Crippen LogP contribution in [0.1, 0.15) is 11.1 Å². The molecule has 0 radical (unpaired) electrons. The van der Waals surface area contributed by atoms with Gasteiger partial charge in [0, 0.05) is 24.8 Å². The Kier molecular flexibility index (Phi) is 13.4. The van der Waals surface area contributed by atoms with Crippen molar-refractivity contribution >= 4 is 0 Å². The van der Waals surface area contributed by atoms with Gasteiger partial charge in [-0.2, -0.15) is 10.2 Å². The first-order valence-corrected chi connectivity index (χ1v) is 13.5. The van der Waals surface area contributed by atoms with Crippen LogP contribution < -0.4 is 37.3 Å². The molecule has 0 bridgehead atoms. The fourth-order valence-electron chi connectivity index (χ4n) is 3.42. The minimum absolute atomic E-state index is 0. The standard InChI is InChI=1S/C24H20N6.2ClHO4.Hg/c1-2-8-20(18-30-16-12-24(28-30)22-10-4-6-14-26-22)19(7-1)17-29-15-11-23(27-29)21-9-3-5-13-25-21;2*2-1(3,4)5;/h1-16H,17-18H2;2*(H,2,3,4,5);/q;;;+2/p-2. The number of benzene rings is 1. The summed E-state index contributed by atoms with van der Waals surface area (Å²) in [6, 6.07) is 24.1. The second-order valence-corrected chi connectivity index (χ2v) is 9.26. The van der Waals surface area contributed by atoms with Crippen LogP contribution in [0.2, 0.25) is 0 Å².